The van der Waals surface area contributed by atoms with E-state index in [-0.39, 0.29) is 12.1 Å². The van der Waals surface area contributed by atoms with Gasteiger partial charge in [-0.25, -0.2) is 4.79 Å². The minimum atomic E-state index is -0.192. The molecule has 1 N–H and O–H groups in total. The maximum Gasteiger partial charge on any atom is 0.322 e. The van der Waals surface area contributed by atoms with E-state index in [1.165, 1.54) is 5.56 Å². The normalized spacial score (nSPS) is 16.5. The minimum absolute atomic E-state index is 0.142. The summed E-state index contributed by atoms with van der Waals surface area (Å²) in [5, 5.41) is 7.06. The van der Waals surface area contributed by atoms with Crippen LogP contribution < -0.4 is 5.32 Å². The molecule has 1 aromatic heterocycles. The van der Waals surface area contributed by atoms with Gasteiger partial charge in [-0.1, -0.05) is 52.7 Å². The molecule has 0 unspecified atom stereocenters. The predicted octanol–water partition coefficient (Wildman–Crippen LogP) is 4.72. The number of benzene rings is 2. The molecule has 0 bridgehead atoms. The van der Waals surface area contributed by atoms with Crippen molar-refractivity contribution in [3.8, 4) is 11.4 Å². The van der Waals surface area contributed by atoms with E-state index in [1.807, 2.05) is 62.4 Å². The van der Waals surface area contributed by atoms with E-state index in [0.717, 1.165) is 29.7 Å². The summed E-state index contributed by atoms with van der Waals surface area (Å²) < 4.78 is 5.50. The van der Waals surface area contributed by atoms with Gasteiger partial charge in [0, 0.05) is 17.8 Å². The molecular weight excluding hydrogens is 340 g/mol. The number of carbonyl (C=O) groups excluding carboxylic acids is 1. The summed E-state index contributed by atoms with van der Waals surface area (Å²) in [6.07, 6.45) is 1.73. The molecule has 2 aromatic carbocycles. The zero-order chi connectivity index (χ0) is 18.8. The molecule has 1 saturated heterocycles. The fourth-order valence-corrected chi connectivity index (χ4v) is 3.29. The average Bonchev–Trinajstić information content (AvgIpc) is 3.33. The molecule has 1 aliphatic heterocycles. The highest BCUT2D eigenvalue weighted by atomic mass is 16.5. The van der Waals surface area contributed by atoms with Crippen LogP contribution in [0.5, 0.6) is 0 Å². The van der Waals surface area contributed by atoms with Crippen molar-refractivity contribution in [3.05, 3.63) is 65.5 Å². The van der Waals surface area contributed by atoms with Gasteiger partial charge < -0.3 is 14.7 Å². The first-order valence-electron chi connectivity index (χ1n) is 9.15. The molecule has 1 fully saturated rings. The quantitative estimate of drug-likeness (QED) is 0.732. The first-order chi connectivity index (χ1) is 13.1. The fraction of sp³-hybridized carbons (Fsp3) is 0.286. The van der Waals surface area contributed by atoms with Gasteiger partial charge in [0.2, 0.25) is 11.7 Å². The van der Waals surface area contributed by atoms with E-state index < -0.39 is 0 Å². The van der Waals surface area contributed by atoms with Crippen LogP contribution in [0.4, 0.5) is 10.5 Å². The smallest absolute Gasteiger partial charge is 0.322 e. The van der Waals surface area contributed by atoms with Crippen LogP contribution in [0.3, 0.4) is 0 Å². The zero-order valence-electron chi connectivity index (χ0n) is 15.5. The summed E-state index contributed by atoms with van der Waals surface area (Å²) in [7, 11) is 0. The van der Waals surface area contributed by atoms with Gasteiger partial charge in [0.15, 0.2) is 0 Å². The molecule has 6 nitrogen and oxygen atoms in total. The van der Waals surface area contributed by atoms with Gasteiger partial charge in [0.1, 0.15) is 6.04 Å². The van der Waals surface area contributed by atoms with Crippen molar-refractivity contribution in [2.45, 2.75) is 32.7 Å². The first kappa shape index (κ1) is 17.3. The second-order valence-electron chi connectivity index (χ2n) is 6.97. The van der Waals surface area contributed by atoms with Crippen LogP contribution in [0, 0.1) is 13.8 Å². The molecule has 0 radical (unpaired) electrons. The molecule has 2 amide bonds. The SMILES string of the molecule is Cc1ccc(NC(=O)N2CCC[C@H]2c2nc(-c3ccc(C)cc3)no2)cc1. The van der Waals surface area contributed by atoms with Crippen LogP contribution in [0.25, 0.3) is 11.4 Å². The molecule has 2 heterocycles. The van der Waals surface area contributed by atoms with E-state index in [2.05, 4.69) is 15.5 Å². The van der Waals surface area contributed by atoms with Crippen molar-refractivity contribution in [1.29, 1.82) is 0 Å². The summed E-state index contributed by atoms with van der Waals surface area (Å²) in [6, 6.07) is 15.4. The van der Waals surface area contributed by atoms with Gasteiger partial charge >= 0.3 is 6.03 Å². The number of hydrogen-bond acceptors (Lipinski definition) is 4. The molecule has 6 heteroatoms. The third-order valence-electron chi connectivity index (χ3n) is 4.85. The van der Waals surface area contributed by atoms with Gasteiger partial charge in [-0.2, -0.15) is 4.98 Å². The Morgan fingerprint density at radius 1 is 1.07 bits per heavy atom. The van der Waals surface area contributed by atoms with E-state index in [9.17, 15) is 4.79 Å². The number of rotatable bonds is 3. The Balaban J connectivity index is 1.50. The standard InChI is InChI=1S/C21H22N4O2/c1-14-5-9-16(10-6-14)19-23-20(27-24-19)18-4-3-13-25(18)21(26)22-17-11-7-15(2)8-12-17/h5-12,18H,3-4,13H2,1-2H3,(H,22,26)/t18-/m0/s1. The van der Waals surface area contributed by atoms with Gasteiger partial charge in [-0.3, -0.25) is 0 Å². The van der Waals surface area contributed by atoms with Crippen molar-refractivity contribution in [2.75, 3.05) is 11.9 Å². The van der Waals surface area contributed by atoms with Crippen molar-refractivity contribution in [1.82, 2.24) is 15.0 Å². The zero-order valence-corrected chi connectivity index (χ0v) is 15.5. The molecule has 1 aliphatic rings. The Bertz CT molecular complexity index is 932. The van der Waals surface area contributed by atoms with Crippen LogP contribution in [-0.2, 0) is 0 Å². The number of hydrogen-bond donors (Lipinski definition) is 1. The minimum Gasteiger partial charge on any atom is -0.337 e. The lowest BCUT2D eigenvalue weighted by Crippen LogP contribution is -2.34. The number of amides is 2. The third kappa shape index (κ3) is 3.69. The van der Waals surface area contributed by atoms with Gasteiger partial charge in [-0.15, -0.1) is 0 Å². The van der Waals surface area contributed by atoms with Gasteiger partial charge in [0.25, 0.3) is 0 Å². The number of carbonyl (C=O) groups is 1. The number of nitrogens with zero attached hydrogens (tertiary/aromatic N) is 3. The monoisotopic (exact) mass is 362 g/mol. The Morgan fingerprint density at radius 2 is 1.74 bits per heavy atom. The molecule has 0 spiro atoms. The summed E-state index contributed by atoms with van der Waals surface area (Å²) in [6.45, 7) is 4.72. The second kappa shape index (κ2) is 7.23. The average molecular weight is 362 g/mol. The molecule has 4 rings (SSSR count). The van der Waals surface area contributed by atoms with Crippen LogP contribution in [0.1, 0.15) is 35.9 Å². The highest BCUT2D eigenvalue weighted by Crippen LogP contribution is 2.32. The summed E-state index contributed by atoms with van der Waals surface area (Å²) in [5.41, 5.74) is 4.02. The Kier molecular flexibility index (Phi) is 4.62. The molecule has 0 saturated carbocycles. The molecule has 27 heavy (non-hydrogen) atoms. The number of anilines is 1. The van der Waals surface area contributed by atoms with E-state index >= 15 is 0 Å². The molecular formula is C21H22N4O2. The van der Waals surface area contributed by atoms with Crippen LogP contribution in [0.15, 0.2) is 53.1 Å². The van der Waals surface area contributed by atoms with Crippen LogP contribution >= 0.6 is 0 Å². The number of aromatic nitrogens is 2. The van der Waals surface area contributed by atoms with Crippen molar-refractivity contribution in [2.24, 2.45) is 0 Å². The third-order valence-corrected chi connectivity index (χ3v) is 4.85. The Labute approximate surface area is 158 Å². The number of urea groups is 1. The Morgan fingerprint density at radius 3 is 2.44 bits per heavy atom. The topological polar surface area (TPSA) is 71.3 Å². The summed E-state index contributed by atoms with van der Waals surface area (Å²) in [4.78, 5) is 19.0. The largest absolute Gasteiger partial charge is 0.337 e. The van der Waals surface area contributed by atoms with Crippen LogP contribution in [0.2, 0.25) is 0 Å². The van der Waals surface area contributed by atoms with E-state index in [1.54, 1.807) is 4.90 Å². The number of aryl methyl sites for hydroxylation is 2. The highest BCUT2D eigenvalue weighted by molar-refractivity contribution is 5.89. The second-order valence-corrected chi connectivity index (χ2v) is 6.97. The highest BCUT2D eigenvalue weighted by Gasteiger charge is 2.34. The maximum atomic E-state index is 12.7. The predicted molar refractivity (Wildman–Crippen MR) is 103 cm³/mol. The lowest BCUT2D eigenvalue weighted by Gasteiger charge is -2.22. The van der Waals surface area contributed by atoms with E-state index in [0.29, 0.717) is 18.3 Å². The van der Waals surface area contributed by atoms with Crippen LogP contribution in [-0.4, -0.2) is 27.6 Å². The lowest BCUT2D eigenvalue weighted by atomic mass is 10.1. The summed E-state index contributed by atoms with van der Waals surface area (Å²) >= 11 is 0. The van der Waals surface area contributed by atoms with Gasteiger partial charge in [0.05, 0.1) is 0 Å². The summed E-state index contributed by atoms with van der Waals surface area (Å²) in [5.74, 6) is 1.04. The van der Waals surface area contributed by atoms with E-state index in [4.69, 9.17) is 4.52 Å². The molecule has 1 atom stereocenters. The number of likely N-dealkylation sites (tertiary alicyclic amines) is 1. The van der Waals surface area contributed by atoms with Crippen molar-refractivity contribution < 1.29 is 9.32 Å². The van der Waals surface area contributed by atoms with Crippen molar-refractivity contribution >= 4 is 11.7 Å². The number of nitrogens with one attached hydrogen (secondary N) is 1. The maximum absolute atomic E-state index is 12.7. The molecule has 3 aromatic rings. The van der Waals surface area contributed by atoms with Gasteiger partial charge in [-0.05, 0) is 38.8 Å². The van der Waals surface area contributed by atoms with Crippen molar-refractivity contribution in [3.63, 3.8) is 0 Å². The Hall–Kier alpha value is -3.15. The lowest BCUT2D eigenvalue weighted by molar-refractivity contribution is 0.193. The first-order valence-corrected chi connectivity index (χ1v) is 9.15. The molecule has 0 aliphatic carbocycles. The fourth-order valence-electron chi connectivity index (χ4n) is 3.29. The molecule has 138 valence electrons.